The number of methoxy groups -OCH3 is 1. The summed E-state index contributed by atoms with van der Waals surface area (Å²) >= 11 is 7.07. The van der Waals surface area contributed by atoms with Crippen molar-refractivity contribution in [2.24, 2.45) is 4.99 Å². The third-order valence-electron chi connectivity index (χ3n) is 6.60. The van der Waals surface area contributed by atoms with Crippen LogP contribution in [0.25, 0.3) is 0 Å². The maximum absolute atomic E-state index is 13.0. The second-order valence-electron chi connectivity index (χ2n) is 8.93. The molecule has 0 radical (unpaired) electrons. The molecule has 0 N–H and O–H groups in total. The van der Waals surface area contributed by atoms with E-state index in [4.69, 9.17) is 9.47 Å². The molecule has 1 aliphatic rings. The molecular weight excluding hydrogens is 580 g/mol. The van der Waals surface area contributed by atoms with Crippen molar-refractivity contribution in [2.45, 2.75) is 37.3 Å². The molecular formula is C30H31BrN2O3S2. The molecule has 2 atom stereocenters. The van der Waals surface area contributed by atoms with Crippen LogP contribution in [0.2, 0.25) is 0 Å². The fraction of sp³-hybridized carbons (Fsp3) is 0.267. The fourth-order valence-electron chi connectivity index (χ4n) is 4.50. The number of aliphatic imine (C=N–C) groups is 1. The normalized spacial score (nSPS) is 16.6. The largest absolute Gasteiger partial charge is 0.497 e. The smallest absolute Gasteiger partial charge is 0.436 e. The van der Waals surface area contributed by atoms with E-state index in [1.165, 1.54) is 11.8 Å². The molecule has 0 aliphatic carbocycles. The van der Waals surface area contributed by atoms with Gasteiger partial charge in [-0.2, -0.15) is 4.99 Å². The Kier molecular flexibility index (Phi) is 9.99. The number of benzene rings is 3. The zero-order valence-electron chi connectivity index (χ0n) is 21.7. The second kappa shape index (κ2) is 13.4. The standard InChI is InChI=1S/C30H31BrN2O3S2/c1-30(27-14-9-19-38-27,25-12-7-8-13-26(25)31)33(20-22-15-17-24(35-2)18-16-22)28(37-3)32-29(34)36-21-23-10-5-4-6-11-23/h4-13,15-19,27H,14,20-21H2,1-3H3. The molecule has 0 fully saturated rings. The van der Waals surface area contributed by atoms with Crippen LogP contribution in [0.1, 0.15) is 30.0 Å². The van der Waals surface area contributed by atoms with Gasteiger partial charge in [0.1, 0.15) is 12.4 Å². The third kappa shape index (κ3) is 6.65. The van der Waals surface area contributed by atoms with E-state index >= 15 is 0 Å². The molecule has 0 aromatic heterocycles. The van der Waals surface area contributed by atoms with Crippen LogP contribution in [0.4, 0.5) is 4.79 Å². The SMILES string of the molecule is COc1ccc(CN(C(=NC(=O)OCc2ccccc2)SC)C(C)(c2ccccc2Br)C2CC=CS2)cc1. The number of allylic oxidation sites excluding steroid dienone is 1. The quantitative estimate of drug-likeness (QED) is 0.189. The monoisotopic (exact) mass is 610 g/mol. The lowest BCUT2D eigenvalue weighted by molar-refractivity contribution is 0.148. The van der Waals surface area contributed by atoms with Crippen molar-refractivity contribution >= 4 is 50.7 Å². The summed E-state index contributed by atoms with van der Waals surface area (Å²) in [5.41, 5.74) is 2.63. The first-order valence-corrected chi connectivity index (χ1v) is 15.2. The Hall–Kier alpha value is -2.68. The highest BCUT2D eigenvalue weighted by Crippen LogP contribution is 2.47. The van der Waals surface area contributed by atoms with Gasteiger partial charge in [-0.25, -0.2) is 4.79 Å². The van der Waals surface area contributed by atoms with E-state index < -0.39 is 11.6 Å². The Bertz CT molecular complexity index is 1280. The maximum Gasteiger partial charge on any atom is 0.436 e. The van der Waals surface area contributed by atoms with Crippen molar-refractivity contribution in [3.63, 3.8) is 0 Å². The van der Waals surface area contributed by atoms with Crippen molar-refractivity contribution in [1.29, 1.82) is 0 Å². The van der Waals surface area contributed by atoms with Gasteiger partial charge in [0.2, 0.25) is 0 Å². The van der Waals surface area contributed by atoms with Gasteiger partial charge in [0, 0.05) is 16.3 Å². The molecule has 4 rings (SSSR count). The molecule has 2 unspecified atom stereocenters. The summed E-state index contributed by atoms with van der Waals surface area (Å²) in [5.74, 6) is 0.799. The molecule has 0 saturated heterocycles. The molecule has 1 aliphatic heterocycles. The Morgan fingerprint density at radius 2 is 1.79 bits per heavy atom. The molecule has 0 spiro atoms. The summed E-state index contributed by atoms with van der Waals surface area (Å²) in [6, 6.07) is 25.9. The fourth-order valence-corrected chi connectivity index (χ4v) is 6.98. The molecule has 38 heavy (non-hydrogen) atoms. The first-order valence-electron chi connectivity index (χ1n) is 12.2. The number of thioether (sulfide) groups is 2. The van der Waals surface area contributed by atoms with Crippen LogP contribution < -0.4 is 4.74 Å². The highest BCUT2D eigenvalue weighted by atomic mass is 79.9. The van der Waals surface area contributed by atoms with Gasteiger partial charge < -0.3 is 14.4 Å². The number of carbonyl (C=O) groups excluding carboxylic acids is 1. The number of carbonyl (C=O) groups is 1. The highest BCUT2D eigenvalue weighted by molar-refractivity contribution is 9.10. The number of amides is 1. The summed E-state index contributed by atoms with van der Waals surface area (Å²) in [6.07, 6.45) is 4.46. The molecule has 0 saturated carbocycles. The number of nitrogens with zero attached hydrogens (tertiary/aromatic N) is 2. The summed E-state index contributed by atoms with van der Waals surface area (Å²) < 4.78 is 11.9. The molecule has 8 heteroatoms. The van der Waals surface area contributed by atoms with Gasteiger partial charge in [-0.15, -0.1) is 11.8 Å². The van der Waals surface area contributed by atoms with Gasteiger partial charge in [0.25, 0.3) is 0 Å². The molecule has 3 aromatic rings. The van der Waals surface area contributed by atoms with Gasteiger partial charge in [0.15, 0.2) is 5.17 Å². The van der Waals surface area contributed by atoms with E-state index in [-0.39, 0.29) is 11.9 Å². The van der Waals surface area contributed by atoms with Crippen LogP contribution in [0, 0.1) is 0 Å². The van der Waals surface area contributed by atoms with Gasteiger partial charge in [-0.05, 0) is 59.9 Å². The van der Waals surface area contributed by atoms with Gasteiger partial charge in [-0.1, -0.05) is 94.4 Å². The molecule has 1 heterocycles. The second-order valence-corrected chi connectivity index (χ2v) is 11.7. The highest BCUT2D eigenvalue weighted by Gasteiger charge is 2.45. The molecule has 5 nitrogen and oxygen atoms in total. The van der Waals surface area contributed by atoms with E-state index in [1.54, 1.807) is 7.11 Å². The first-order chi connectivity index (χ1) is 18.5. The molecule has 3 aromatic carbocycles. The Morgan fingerprint density at radius 1 is 1.08 bits per heavy atom. The minimum Gasteiger partial charge on any atom is -0.497 e. The van der Waals surface area contributed by atoms with Crippen molar-refractivity contribution in [2.75, 3.05) is 13.4 Å². The predicted molar refractivity (Wildman–Crippen MR) is 163 cm³/mol. The topological polar surface area (TPSA) is 51.1 Å². The lowest BCUT2D eigenvalue weighted by Gasteiger charge is -2.47. The number of rotatable bonds is 8. The van der Waals surface area contributed by atoms with Gasteiger partial charge in [-0.3, -0.25) is 0 Å². The number of ether oxygens (including phenoxy) is 2. The maximum atomic E-state index is 13.0. The average Bonchev–Trinajstić information content (AvgIpc) is 3.50. The number of halogens is 1. The lowest BCUT2D eigenvalue weighted by Crippen LogP contribution is -2.52. The van der Waals surface area contributed by atoms with Crippen LogP contribution in [0.5, 0.6) is 5.75 Å². The Labute approximate surface area is 241 Å². The Balaban J connectivity index is 1.75. The van der Waals surface area contributed by atoms with Crippen LogP contribution in [0.15, 0.2) is 99.8 Å². The van der Waals surface area contributed by atoms with Crippen LogP contribution in [0.3, 0.4) is 0 Å². The van der Waals surface area contributed by atoms with E-state index in [2.05, 4.69) is 74.6 Å². The van der Waals surface area contributed by atoms with Crippen LogP contribution >= 0.6 is 39.5 Å². The number of amidine groups is 1. The minimum absolute atomic E-state index is 0.174. The number of hydrogen-bond acceptors (Lipinski definition) is 5. The summed E-state index contributed by atoms with van der Waals surface area (Å²) in [7, 11) is 1.66. The first kappa shape index (κ1) is 28.3. The van der Waals surface area contributed by atoms with Gasteiger partial charge in [0.05, 0.1) is 12.6 Å². The summed E-state index contributed by atoms with van der Waals surface area (Å²) in [5, 5.41) is 2.97. The minimum atomic E-state index is -0.607. The van der Waals surface area contributed by atoms with Crippen molar-refractivity contribution in [3.05, 3.63) is 112 Å². The van der Waals surface area contributed by atoms with Crippen molar-refractivity contribution in [3.8, 4) is 5.75 Å². The van der Waals surface area contributed by atoms with Crippen molar-refractivity contribution < 1.29 is 14.3 Å². The zero-order valence-corrected chi connectivity index (χ0v) is 24.9. The Morgan fingerprint density at radius 3 is 2.42 bits per heavy atom. The van der Waals surface area contributed by atoms with Crippen molar-refractivity contribution in [1.82, 2.24) is 4.90 Å². The molecule has 198 valence electrons. The zero-order chi connectivity index (χ0) is 27.0. The average molecular weight is 612 g/mol. The van der Waals surface area contributed by atoms with Crippen LogP contribution in [-0.4, -0.2) is 34.8 Å². The molecule has 0 bridgehead atoms. The van der Waals surface area contributed by atoms with E-state index in [9.17, 15) is 4.79 Å². The summed E-state index contributed by atoms with van der Waals surface area (Å²) in [6.45, 7) is 2.96. The van der Waals surface area contributed by atoms with Gasteiger partial charge >= 0.3 is 6.09 Å². The van der Waals surface area contributed by atoms with E-state index in [0.29, 0.717) is 11.7 Å². The molecule has 1 amide bonds. The number of hydrogen-bond donors (Lipinski definition) is 0. The van der Waals surface area contributed by atoms with E-state index in [1.807, 2.05) is 66.5 Å². The third-order valence-corrected chi connectivity index (χ3v) is 9.30. The summed E-state index contributed by atoms with van der Waals surface area (Å²) in [4.78, 5) is 19.7. The van der Waals surface area contributed by atoms with Crippen LogP contribution in [-0.2, 0) is 23.4 Å². The predicted octanol–water partition coefficient (Wildman–Crippen LogP) is 8.25. The lowest BCUT2D eigenvalue weighted by atomic mass is 9.84. The van der Waals surface area contributed by atoms with E-state index in [0.717, 1.165) is 33.3 Å².